The highest BCUT2D eigenvalue weighted by Gasteiger charge is 2.29. The molecule has 8 heteroatoms. The van der Waals surface area contributed by atoms with Crippen molar-refractivity contribution < 1.29 is 10.2 Å². The van der Waals surface area contributed by atoms with E-state index in [1.54, 1.807) is 18.0 Å². The van der Waals surface area contributed by atoms with Crippen LogP contribution in [-0.4, -0.2) is 42.5 Å². The molecule has 1 aliphatic heterocycles. The molecule has 0 saturated heterocycles. The summed E-state index contributed by atoms with van der Waals surface area (Å²) in [4.78, 5) is 17.4. The summed E-state index contributed by atoms with van der Waals surface area (Å²) in [5.74, 6) is 2.18. The average molecular weight is 398 g/mol. The van der Waals surface area contributed by atoms with Crippen molar-refractivity contribution in [1.29, 1.82) is 0 Å². The third-order valence-corrected chi connectivity index (χ3v) is 6.45. The standard InChI is InChI=1S/C20H23N5O2S/c1-28-17-7-16-15(6-13(17)10-26)22-18-9-24(4-5-25(16)18)20-21-8-14(11-27)19(23-20)12-2-3-12/h6-8,12,26-27H,2-5,9-11H2,1H3. The summed E-state index contributed by atoms with van der Waals surface area (Å²) < 4.78 is 2.26. The summed E-state index contributed by atoms with van der Waals surface area (Å²) in [7, 11) is 0. The fourth-order valence-corrected chi connectivity index (χ4v) is 4.58. The molecule has 2 aliphatic rings. The van der Waals surface area contributed by atoms with Gasteiger partial charge >= 0.3 is 0 Å². The Morgan fingerprint density at radius 3 is 2.64 bits per heavy atom. The zero-order valence-corrected chi connectivity index (χ0v) is 16.6. The van der Waals surface area contributed by atoms with Crippen LogP contribution in [0.1, 0.15) is 41.4 Å². The summed E-state index contributed by atoms with van der Waals surface area (Å²) in [6.07, 6.45) is 6.08. The molecule has 3 aromatic rings. The number of hydrogen-bond donors (Lipinski definition) is 2. The van der Waals surface area contributed by atoms with Crippen molar-refractivity contribution in [3.63, 3.8) is 0 Å². The monoisotopic (exact) mass is 397 g/mol. The minimum atomic E-state index is -0.00707. The molecule has 7 nitrogen and oxygen atoms in total. The van der Waals surface area contributed by atoms with E-state index >= 15 is 0 Å². The van der Waals surface area contributed by atoms with E-state index in [1.807, 2.05) is 12.3 Å². The number of hydrogen-bond acceptors (Lipinski definition) is 7. The molecule has 1 saturated carbocycles. The van der Waals surface area contributed by atoms with Crippen LogP contribution in [0.3, 0.4) is 0 Å². The molecule has 0 radical (unpaired) electrons. The van der Waals surface area contributed by atoms with Crippen molar-refractivity contribution >= 4 is 28.7 Å². The largest absolute Gasteiger partial charge is 0.392 e. The van der Waals surface area contributed by atoms with Crippen LogP contribution in [0.2, 0.25) is 0 Å². The van der Waals surface area contributed by atoms with E-state index in [0.717, 1.165) is 70.5 Å². The first-order valence-corrected chi connectivity index (χ1v) is 10.8. The van der Waals surface area contributed by atoms with E-state index in [0.29, 0.717) is 12.5 Å². The van der Waals surface area contributed by atoms with Gasteiger partial charge in [0, 0.05) is 35.7 Å². The van der Waals surface area contributed by atoms with E-state index < -0.39 is 0 Å². The molecule has 28 heavy (non-hydrogen) atoms. The highest BCUT2D eigenvalue weighted by molar-refractivity contribution is 7.98. The van der Waals surface area contributed by atoms with Crippen LogP contribution in [0.5, 0.6) is 0 Å². The molecule has 1 aliphatic carbocycles. The van der Waals surface area contributed by atoms with Crippen LogP contribution in [0, 0.1) is 0 Å². The predicted molar refractivity (Wildman–Crippen MR) is 108 cm³/mol. The number of aliphatic hydroxyl groups is 2. The Balaban J connectivity index is 1.49. The quantitative estimate of drug-likeness (QED) is 0.639. The maximum Gasteiger partial charge on any atom is 0.226 e. The van der Waals surface area contributed by atoms with Crippen molar-refractivity contribution in [1.82, 2.24) is 19.5 Å². The SMILES string of the molecule is CSc1cc2c(cc1CO)nc1n2CCN(c2ncc(CO)c(C3CC3)n2)C1. The maximum absolute atomic E-state index is 9.63. The van der Waals surface area contributed by atoms with Crippen molar-refractivity contribution in [2.45, 2.75) is 50.0 Å². The van der Waals surface area contributed by atoms with Crippen LogP contribution in [-0.2, 0) is 26.3 Å². The van der Waals surface area contributed by atoms with Crippen LogP contribution < -0.4 is 4.90 Å². The molecular weight excluding hydrogens is 374 g/mol. The second-order valence-electron chi connectivity index (χ2n) is 7.42. The number of anilines is 1. The highest BCUT2D eigenvalue weighted by Crippen LogP contribution is 2.41. The van der Waals surface area contributed by atoms with E-state index in [1.165, 1.54) is 0 Å². The van der Waals surface area contributed by atoms with Gasteiger partial charge in [0.1, 0.15) is 5.82 Å². The van der Waals surface area contributed by atoms with Crippen LogP contribution in [0.25, 0.3) is 11.0 Å². The lowest BCUT2D eigenvalue weighted by Crippen LogP contribution is -2.35. The molecule has 2 aromatic heterocycles. The van der Waals surface area contributed by atoms with Gasteiger partial charge in [-0.25, -0.2) is 15.0 Å². The van der Waals surface area contributed by atoms with E-state index in [2.05, 4.69) is 20.5 Å². The van der Waals surface area contributed by atoms with Crippen LogP contribution in [0.15, 0.2) is 23.2 Å². The Bertz CT molecular complexity index is 1050. The molecule has 0 bridgehead atoms. The third kappa shape index (κ3) is 2.96. The summed E-state index contributed by atoms with van der Waals surface area (Å²) in [5.41, 5.74) is 4.81. The molecule has 0 amide bonds. The molecule has 3 heterocycles. The fourth-order valence-electron chi connectivity index (χ4n) is 3.96. The number of fused-ring (bicyclic) bond motifs is 3. The second kappa shape index (κ2) is 7.02. The van der Waals surface area contributed by atoms with Gasteiger partial charge < -0.3 is 19.7 Å². The van der Waals surface area contributed by atoms with Gasteiger partial charge in [0.25, 0.3) is 0 Å². The first kappa shape index (κ1) is 17.9. The highest BCUT2D eigenvalue weighted by atomic mass is 32.2. The number of aromatic nitrogens is 4. The lowest BCUT2D eigenvalue weighted by molar-refractivity contribution is 0.279. The number of benzene rings is 1. The second-order valence-corrected chi connectivity index (χ2v) is 8.27. The van der Waals surface area contributed by atoms with E-state index in [4.69, 9.17) is 9.97 Å². The molecular formula is C20H23N5O2S. The summed E-state index contributed by atoms with van der Waals surface area (Å²) in [6.45, 7) is 2.31. The number of rotatable bonds is 5. The average Bonchev–Trinajstić information content (AvgIpc) is 3.52. The van der Waals surface area contributed by atoms with Crippen LogP contribution in [0.4, 0.5) is 5.95 Å². The molecule has 2 N–H and O–H groups in total. The zero-order valence-electron chi connectivity index (χ0n) is 15.8. The third-order valence-electron chi connectivity index (χ3n) is 5.63. The molecule has 1 fully saturated rings. The lowest BCUT2D eigenvalue weighted by Gasteiger charge is -2.28. The first-order valence-electron chi connectivity index (χ1n) is 9.60. The smallest absolute Gasteiger partial charge is 0.226 e. The molecule has 146 valence electrons. The Hall–Kier alpha value is -2.16. The van der Waals surface area contributed by atoms with Crippen molar-refractivity contribution in [2.24, 2.45) is 0 Å². The van der Waals surface area contributed by atoms with Gasteiger partial charge in [-0.05, 0) is 36.8 Å². The van der Waals surface area contributed by atoms with Gasteiger partial charge in [-0.15, -0.1) is 11.8 Å². The van der Waals surface area contributed by atoms with Crippen molar-refractivity contribution in [3.8, 4) is 0 Å². The Morgan fingerprint density at radius 2 is 1.93 bits per heavy atom. The number of imidazole rings is 1. The number of nitrogens with zero attached hydrogens (tertiary/aromatic N) is 5. The normalized spacial score (nSPS) is 16.6. The van der Waals surface area contributed by atoms with Gasteiger partial charge in [0.05, 0.1) is 36.5 Å². The van der Waals surface area contributed by atoms with Crippen molar-refractivity contribution in [2.75, 3.05) is 17.7 Å². The number of aliphatic hydroxyl groups excluding tert-OH is 2. The van der Waals surface area contributed by atoms with Gasteiger partial charge in [-0.1, -0.05) is 0 Å². The zero-order chi connectivity index (χ0) is 19.3. The van der Waals surface area contributed by atoms with Gasteiger partial charge in [-0.3, -0.25) is 0 Å². The predicted octanol–water partition coefficient (Wildman–Crippen LogP) is 2.43. The minimum absolute atomic E-state index is 0.00707. The molecule has 0 spiro atoms. The molecule has 1 aromatic carbocycles. The summed E-state index contributed by atoms with van der Waals surface area (Å²) in [6, 6.07) is 4.13. The Kier molecular flexibility index (Phi) is 4.49. The maximum atomic E-state index is 9.63. The van der Waals surface area contributed by atoms with Gasteiger partial charge in [0.2, 0.25) is 5.95 Å². The molecule has 0 atom stereocenters. The van der Waals surface area contributed by atoms with Crippen LogP contribution >= 0.6 is 11.8 Å². The molecule has 0 unspecified atom stereocenters. The first-order chi connectivity index (χ1) is 13.7. The van der Waals surface area contributed by atoms with Gasteiger partial charge in [0.15, 0.2) is 0 Å². The Morgan fingerprint density at radius 1 is 1.11 bits per heavy atom. The Labute approximate surface area is 167 Å². The molecule has 5 rings (SSSR count). The lowest BCUT2D eigenvalue weighted by atomic mass is 10.2. The topological polar surface area (TPSA) is 87.3 Å². The fraction of sp³-hybridized carbons (Fsp3) is 0.450. The summed E-state index contributed by atoms with van der Waals surface area (Å²) in [5, 5.41) is 19.2. The van der Waals surface area contributed by atoms with Crippen molar-refractivity contribution in [3.05, 3.63) is 41.0 Å². The van der Waals surface area contributed by atoms with Gasteiger partial charge in [-0.2, -0.15) is 0 Å². The summed E-state index contributed by atoms with van der Waals surface area (Å²) >= 11 is 1.65. The number of thioether (sulfide) groups is 1. The van der Waals surface area contributed by atoms with E-state index in [-0.39, 0.29) is 13.2 Å². The minimum Gasteiger partial charge on any atom is -0.392 e. The van der Waals surface area contributed by atoms with E-state index in [9.17, 15) is 10.2 Å².